The lowest BCUT2D eigenvalue weighted by Crippen LogP contribution is -2.46. The maximum atomic E-state index is 11.3. The molecule has 1 N–H and O–H groups in total. The van der Waals surface area contributed by atoms with Crippen molar-refractivity contribution in [1.29, 1.82) is 0 Å². The van der Waals surface area contributed by atoms with Crippen LogP contribution in [0.3, 0.4) is 0 Å². The number of fused-ring (bicyclic) bond motifs is 1. The number of anilines is 1. The summed E-state index contributed by atoms with van der Waals surface area (Å²) in [4.78, 5) is 28.3. The Labute approximate surface area is 269 Å². The second-order valence-electron chi connectivity index (χ2n) is 11.0. The molecule has 1 aliphatic heterocycles. The molecule has 1 aromatic heterocycles. The highest BCUT2D eigenvalue weighted by atomic mass is 79.9. The summed E-state index contributed by atoms with van der Waals surface area (Å²) in [6.07, 6.45) is 4.75. The van der Waals surface area contributed by atoms with Gasteiger partial charge in [-0.3, -0.25) is 14.5 Å². The van der Waals surface area contributed by atoms with Crippen molar-refractivity contribution in [3.8, 4) is 27.7 Å². The van der Waals surface area contributed by atoms with Gasteiger partial charge in [0.1, 0.15) is 11.5 Å². The van der Waals surface area contributed by atoms with Crippen LogP contribution >= 0.6 is 27.3 Å². The van der Waals surface area contributed by atoms with Crippen LogP contribution < -0.4 is 9.64 Å². The van der Waals surface area contributed by atoms with Crippen LogP contribution in [0.2, 0.25) is 0 Å². The maximum Gasteiger partial charge on any atom is 0.153 e. The molecule has 4 aromatic carbocycles. The average molecular weight is 670 g/mol. The Bertz CT molecular complexity index is 1760. The Morgan fingerprint density at radius 3 is 2.30 bits per heavy atom. The maximum absolute atomic E-state index is 11.3. The van der Waals surface area contributed by atoms with Crippen LogP contribution in [0.15, 0.2) is 89.4 Å². The minimum absolute atomic E-state index is 0.246. The number of hydrogen-bond acceptors (Lipinski definition) is 7. The van der Waals surface area contributed by atoms with Gasteiger partial charge >= 0.3 is 0 Å². The van der Waals surface area contributed by atoms with Gasteiger partial charge in [0.2, 0.25) is 0 Å². The molecule has 0 spiro atoms. The number of carbonyl (C=O) groups excluding carboxylic acids is 2. The third-order valence-electron chi connectivity index (χ3n) is 8.13. The molecule has 0 unspecified atom stereocenters. The summed E-state index contributed by atoms with van der Waals surface area (Å²) in [6, 6.07) is 27.5. The molecular weight excluding hydrogens is 636 g/mol. The number of ether oxygens (including phenoxy) is 1. The first-order valence-corrected chi connectivity index (χ1v) is 16.4. The molecule has 224 valence electrons. The van der Waals surface area contributed by atoms with Gasteiger partial charge in [-0.1, -0.05) is 40.2 Å². The Morgan fingerprint density at radius 2 is 1.57 bits per heavy atom. The van der Waals surface area contributed by atoms with E-state index in [4.69, 9.17) is 4.74 Å². The number of carbonyl (C=O) groups is 2. The summed E-state index contributed by atoms with van der Waals surface area (Å²) in [5.41, 5.74) is 4.25. The summed E-state index contributed by atoms with van der Waals surface area (Å²) < 4.78 is 8.49. The number of halogens is 1. The van der Waals surface area contributed by atoms with Crippen LogP contribution in [0.25, 0.3) is 20.5 Å². The lowest BCUT2D eigenvalue weighted by Gasteiger charge is -2.36. The minimum Gasteiger partial charge on any atom is -0.508 e. The van der Waals surface area contributed by atoms with Crippen LogP contribution in [0.5, 0.6) is 17.2 Å². The molecule has 0 aliphatic carbocycles. The van der Waals surface area contributed by atoms with Crippen LogP contribution in [-0.2, 0) is 6.42 Å². The lowest BCUT2D eigenvalue weighted by molar-refractivity contribution is 0.109. The zero-order chi connectivity index (χ0) is 30.5. The number of benzene rings is 4. The quantitative estimate of drug-likeness (QED) is 0.112. The molecule has 1 aliphatic rings. The molecule has 0 bridgehead atoms. The summed E-state index contributed by atoms with van der Waals surface area (Å²) in [6.45, 7) is 4.85. The van der Waals surface area contributed by atoms with Gasteiger partial charge in [-0.15, -0.1) is 11.3 Å². The normalized spacial score (nSPS) is 13.7. The Kier molecular flexibility index (Phi) is 9.40. The van der Waals surface area contributed by atoms with Gasteiger partial charge in [0.25, 0.3) is 0 Å². The number of piperazine rings is 1. The molecule has 0 atom stereocenters. The third-order valence-corrected chi connectivity index (χ3v) is 9.84. The van der Waals surface area contributed by atoms with E-state index in [9.17, 15) is 14.7 Å². The van der Waals surface area contributed by atoms with Gasteiger partial charge in [-0.25, -0.2) is 0 Å². The van der Waals surface area contributed by atoms with E-state index >= 15 is 0 Å². The van der Waals surface area contributed by atoms with Crippen LogP contribution in [0, 0.1) is 0 Å². The molecule has 1 saturated heterocycles. The van der Waals surface area contributed by atoms with E-state index in [0.717, 1.165) is 107 Å². The second-order valence-corrected chi connectivity index (χ2v) is 13.0. The highest BCUT2D eigenvalue weighted by Gasteiger charge is 2.19. The zero-order valence-electron chi connectivity index (χ0n) is 24.2. The number of phenolic OH excluding ortho intramolecular Hbond substituents is 1. The SMILES string of the molecule is O=Cc1ccc(N2CCN(CCCCc3ccc(Oc4c(-c5ccc(Br)cc5)sc5cc(O)ccc45)cc3)CC2)cc1C=O. The minimum atomic E-state index is 0.246. The average Bonchev–Trinajstić information content (AvgIpc) is 3.41. The van der Waals surface area contributed by atoms with Gasteiger partial charge in [0.15, 0.2) is 18.3 Å². The number of thiophene rings is 1. The lowest BCUT2D eigenvalue weighted by atomic mass is 10.1. The van der Waals surface area contributed by atoms with E-state index in [-0.39, 0.29) is 5.75 Å². The molecule has 1 fully saturated rings. The Balaban J connectivity index is 1.01. The molecule has 6 rings (SSSR count). The molecule has 6 nitrogen and oxygen atoms in total. The number of aromatic hydroxyl groups is 1. The van der Waals surface area contributed by atoms with Crippen molar-refractivity contribution >= 4 is 55.6 Å². The number of phenols is 1. The summed E-state index contributed by atoms with van der Waals surface area (Å²) >= 11 is 5.13. The second kappa shape index (κ2) is 13.8. The first-order valence-electron chi connectivity index (χ1n) is 14.8. The number of rotatable bonds is 11. The standard InChI is InChI=1S/C36H33BrN2O4S/c37-29-9-6-26(7-10-29)36-35(33-15-12-31(42)22-34(33)44-36)43-32-13-4-25(5-14-32)3-1-2-16-38-17-19-39(20-18-38)30-11-8-27(23-40)28(21-30)24-41/h4-15,21-24,42H,1-3,16-20H2. The highest BCUT2D eigenvalue weighted by Crippen LogP contribution is 2.47. The van der Waals surface area contributed by atoms with Crippen LogP contribution in [-0.4, -0.2) is 55.3 Å². The number of nitrogens with zero attached hydrogens (tertiary/aromatic N) is 2. The highest BCUT2D eigenvalue weighted by molar-refractivity contribution is 9.10. The molecule has 0 radical (unpaired) electrons. The summed E-state index contributed by atoms with van der Waals surface area (Å²) in [7, 11) is 0. The van der Waals surface area contributed by atoms with E-state index < -0.39 is 0 Å². The molecule has 2 heterocycles. The van der Waals surface area contributed by atoms with Crippen molar-refractivity contribution < 1.29 is 19.4 Å². The van der Waals surface area contributed by atoms with Crippen molar-refractivity contribution in [1.82, 2.24) is 4.90 Å². The van der Waals surface area contributed by atoms with Crippen molar-refractivity contribution in [3.63, 3.8) is 0 Å². The first-order chi connectivity index (χ1) is 21.5. The zero-order valence-corrected chi connectivity index (χ0v) is 26.6. The largest absolute Gasteiger partial charge is 0.508 e. The van der Waals surface area contributed by atoms with E-state index in [1.807, 2.05) is 42.5 Å². The fraction of sp³-hybridized carbons (Fsp3) is 0.222. The monoisotopic (exact) mass is 668 g/mol. The molecule has 0 amide bonds. The summed E-state index contributed by atoms with van der Waals surface area (Å²) in [5, 5.41) is 11.0. The van der Waals surface area contributed by atoms with Gasteiger partial charge < -0.3 is 14.7 Å². The number of hydrogen-bond donors (Lipinski definition) is 1. The molecule has 8 heteroatoms. The molecular formula is C36H33BrN2O4S. The predicted octanol–water partition coefficient (Wildman–Crippen LogP) is 8.60. The molecule has 0 saturated carbocycles. The first kappa shape index (κ1) is 30.1. The van der Waals surface area contributed by atoms with Gasteiger partial charge in [0.05, 0.1) is 4.88 Å². The van der Waals surface area contributed by atoms with Crippen molar-refractivity contribution in [2.45, 2.75) is 19.3 Å². The van der Waals surface area contributed by atoms with Crippen molar-refractivity contribution in [2.75, 3.05) is 37.6 Å². The van der Waals surface area contributed by atoms with E-state index in [2.05, 4.69) is 50.0 Å². The van der Waals surface area contributed by atoms with Crippen LogP contribution in [0.4, 0.5) is 5.69 Å². The topological polar surface area (TPSA) is 70.1 Å². The Hall–Kier alpha value is -3.98. The van der Waals surface area contributed by atoms with Crippen LogP contribution in [0.1, 0.15) is 39.1 Å². The van der Waals surface area contributed by atoms with Gasteiger partial charge in [-0.2, -0.15) is 0 Å². The predicted molar refractivity (Wildman–Crippen MR) is 182 cm³/mol. The molecule has 44 heavy (non-hydrogen) atoms. The van der Waals surface area contributed by atoms with Crippen molar-refractivity contribution in [3.05, 3.63) is 106 Å². The Morgan fingerprint density at radius 1 is 0.818 bits per heavy atom. The smallest absolute Gasteiger partial charge is 0.153 e. The third kappa shape index (κ3) is 6.88. The van der Waals surface area contributed by atoms with Gasteiger partial charge in [-0.05, 0) is 97.6 Å². The van der Waals surface area contributed by atoms with Crippen molar-refractivity contribution in [2.24, 2.45) is 0 Å². The fourth-order valence-electron chi connectivity index (χ4n) is 5.66. The number of unbranched alkanes of at least 4 members (excludes halogenated alkanes) is 1. The fourth-order valence-corrected chi connectivity index (χ4v) is 7.09. The van der Waals surface area contributed by atoms with E-state index in [1.54, 1.807) is 29.5 Å². The number of aryl methyl sites for hydroxylation is 1. The number of aldehydes is 2. The van der Waals surface area contributed by atoms with Gasteiger partial charge in [0, 0.05) is 57.6 Å². The van der Waals surface area contributed by atoms with E-state index in [1.165, 1.54) is 5.56 Å². The van der Waals surface area contributed by atoms with E-state index in [0.29, 0.717) is 11.1 Å². The molecule has 5 aromatic rings. The summed E-state index contributed by atoms with van der Waals surface area (Å²) in [5.74, 6) is 1.84.